The summed E-state index contributed by atoms with van der Waals surface area (Å²) in [6, 6.07) is 12.2. The Hall–Kier alpha value is -2.71. The molecule has 1 N–H and O–H groups in total. The number of rotatable bonds is 7. The first kappa shape index (κ1) is 19.1. The van der Waals surface area contributed by atoms with Crippen molar-refractivity contribution < 1.29 is 10.0 Å². The fourth-order valence-corrected chi connectivity index (χ4v) is 3.91. The second-order valence-corrected chi connectivity index (χ2v) is 7.36. The summed E-state index contributed by atoms with van der Waals surface area (Å²) < 4.78 is 1.93. The number of pyridine rings is 1. The second-order valence-electron chi connectivity index (χ2n) is 6.29. The fraction of sp³-hybridized carbons (Fsp3) is 0.263. The molecule has 2 aromatic heterocycles. The maximum Gasteiger partial charge on any atom is 0.270 e. The lowest BCUT2D eigenvalue weighted by atomic mass is 10.1. The van der Waals surface area contributed by atoms with Crippen LogP contribution >= 0.6 is 11.8 Å². The van der Waals surface area contributed by atoms with Gasteiger partial charge in [-0.2, -0.15) is 0 Å². The highest BCUT2D eigenvalue weighted by atomic mass is 32.2. The van der Waals surface area contributed by atoms with Crippen molar-refractivity contribution in [3.63, 3.8) is 0 Å². The molecule has 0 fully saturated rings. The molecule has 1 aromatic carbocycles. The van der Waals surface area contributed by atoms with E-state index in [1.54, 1.807) is 18.3 Å². The van der Waals surface area contributed by atoms with E-state index in [0.29, 0.717) is 12.4 Å². The Labute approximate surface area is 161 Å². The van der Waals surface area contributed by atoms with Gasteiger partial charge in [0.1, 0.15) is 17.5 Å². The first-order valence-electron chi connectivity index (χ1n) is 8.52. The zero-order chi connectivity index (χ0) is 19.4. The minimum Gasteiger partial charge on any atom is -0.388 e. The molecular formula is C19H20N4O3S. The number of nitrogens with zero attached hydrogens (tertiary/aromatic N) is 4. The summed E-state index contributed by atoms with van der Waals surface area (Å²) in [5, 5.41) is 21.7. The molecule has 0 saturated heterocycles. The van der Waals surface area contributed by atoms with Crippen LogP contribution in [0.5, 0.6) is 0 Å². The molecule has 7 nitrogen and oxygen atoms in total. The number of aliphatic hydroxyl groups excluding tert-OH is 1. The van der Waals surface area contributed by atoms with Gasteiger partial charge in [-0.15, -0.1) is 0 Å². The van der Waals surface area contributed by atoms with Crippen molar-refractivity contribution in [2.24, 2.45) is 0 Å². The number of imidazole rings is 1. The fourth-order valence-electron chi connectivity index (χ4n) is 2.70. The van der Waals surface area contributed by atoms with Crippen LogP contribution in [0.2, 0.25) is 0 Å². The van der Waals surface area contributed by atoms with Crippen LogP contribution in [0.3, 0.4) is 0 Å². The Morgan fingerprint density at radius 1 is 1.26 bits per heavy atom. The average molecular weight is 384 g/mol. The van der Waals surface area contributed by atoms with Crippen LogP contribution in [0.1, 0.15) is 37.0 Å². The smallest absolute Gasteiger partial charge is 0.270 e. The summed E-state index contributed by atoms with van der Waals surface area (Å²) in [6.07, 6.45) is 1.72. The van der Waals surface area contributed by atoms with Gasteiger partial charge in [-0.1, -0.05) is 37.7 Å². The third-order valence-electron chi connectivity index (χ3n) is 4.00. The number of aromatic nitrogens is 3. The molecule has 2 heterocycles. The summed E-state index contributed by atoms with van der Waals surface area (Å²) in [5.41, 5.74) is 1.75. The van der Waals surface area contributed by atoms with E-state index < -0.39 is 4.92 Å². The summed E-state index contributed by atoms with van der Waals surface area (Å²) in [4.78, 5) is 20.4. The Morgan fingerprint density at radius 2 is 2.07 bits per heavy atom. The number of nitro benzene ring substituents is 1. The zero-order valence-electron chi connectivity index (χ0n) is 15.1. The number of non-ortho nitro benzene ring substituents is 1. The molecule has 0 atom stereocenters. The van der Waals surface area contributed by atoms with Crippen molar-refractivity contribution >= 4 is 17.4 Å². The van der Waals surface area contributed by atoms with Gasteiger partial charge in [0.25, 0.3) is 5.69 Å². The van der Waals surface area contributed by atoms with Crippen molar-refractivity contribution in [1.29, 1.82) is 0 Å². The molecule has 3 aromatic rings. The highest BCUT2D eigenvalue weighted by Crippen LogP contribution is 2.36. The topological polar surface area (TPSA) is 94.1 Å². The second kappa shape index (κ2) is 8.32. The van der Waals surface area contributed by atoms with Gasteiger partial charge >= 0.3 is 0 Å². The molecule has 0 bridgehead atoms. The molecular weight excluding hydrogens is 364 g/mol. The molecule has 0 amide bonds. The monoisotopic (exact) mass is 384 g/mol. The van der Waals surface area contributed by atoms with Gasteiger partial charge in [0.05, 0.1) is 22.9 Å². The molecule has 3 rings (SSSR count). The van der Waals surface area contributed by atoms with Gasteiger partial charge < -0.3 is 9.67 Å². The van der Waals surface area contributed by atoms with Gasteiger partial charge in [-0.25, -0.2) is 4.98 Å². The molecule has 140 valence electrons. The Bertz CT molecular complexity index is 941. The van der Waals surface area contributed by atoms with Crippen molar-refractivity contribution in [1.82, 2.24) is 14.5 Å². The summed E-state index contributed by atoms with van der Waals surface area (Å²) >= 11 is 1.41. The minimum atomic E-state index is -0.405. The lowest BCUT2D eigenvalue weighted by Gasteiger charge is -2.12. The highest BCUT2D eigenvalue weighted by Gasteiger charge is 2.21. The quantitative estimate of drug-likeness (QED) is 0.489. The van der Waals surface area contributed by atoms with Gasteiger partial charge in [-0.05, 0) is 24.1 Å². The maximum atomic E-state index is 11.1. The largest absolute Gasteiger partial charge is 0.388 e. The highest BCUT2D eigenvalue weighted by molar-refractivity contribution is 7.99. The molecule has 0 aliphatic rings. The Morgan fingerprint density at radius 3 is 2.70 bits per heavy atom. The number of hydrogen-bond donors (Lipinski definition) is 1. The third-order valence-corrected chi connectivity index (χ3v) is 5.12. The van der Waals surface area contributed by atoms with E-state index in [1.165, 1.54) is 17.8 Å². The first-order chi connectivity index (χ1) is 13.0. The molecule has 8 heteroatoms. The van der Waals surface area contributed by atoms with Crippen molar-refractivity contribution in [2.45, 2.75) is 42.8 Å². The van der Waals surface area contributed by atoms with Crippen LogP contribution in [-0.4, -0.2) is 24.6 Å². The predicted octanol–water partition coefficient (Wildman–Crippen LogP) is 4.00. The van der Waals surface area contributed by atoms with Gasteiger partial charge in [0.15, 0.2) is 0 Å². The van der Waals surface area contributed by atoms with Crippen LogP contribution in [-0.2, 0) is 13.2 Å². The van der Waals surface area contributed by atoms with Gasteiger partial charge in [-0.3, -0.25) is 15.1 Å². The number of hydrogen-bond acceptors (Lipinski definition) is 6. The van der Waals surface area contributed by atoms with Crippen molar-refractivity contribution in [2.75, 3.05) is 0 Å². The van der Waals surface area contributed by atoms with Crippen molar-refractivity contribution in [3.8, 4) is 0 Å². The SMILES string of the molecule is CC(C)c1nc(CO)n(Cc2ccccn2)c1Sc1cccc([N+](=O)[O-])c1. The van der Waals surface area contributed by atoms with Crippen LogP contribution in [0.25, 0.3) is 0 Å². The minimum absolute atomic E-state index is 0.0456. The Balaban J connectivity index is 2.05. The molecule has 0 spiro atoms. The normalized spacial score (nSPS) is 11.1. The van der Waals surface area contributed by atoms with E-state index >= 15 is 0 Å². The van der Waals surface area contributed by atoms with Crippen LogP contribution in [0, 0.1) is 10.1 Å². The lowest BCUT2D eigenvalue weighted by molar-refractivity contribution is -0.385. The van der Waals surface area contributed by atoms with Crippen LogP contribution in [0.4, 0.5) is 5.69 Å². The summed E-state index contributed by atoms with van der Waals surface area (Å²) in [7, 11) is 0. The molecule has 0 radical (unpaired) electrons. The molecule has 0 aliphatic heterocycles. The van der Waals surface area contributed by atoms with Gasteiger partial charge in [0.2, 0.25) is 0 Å². The van der Waals surface area contributed by atoms with Crippen molar-refractivity contribution in [3.05, 3.63) is 76.0 Å². The van der Waals surface area contributed by atoms with Crippen LogP contribution < -0.4 is 0 Å². The van der Waals surface area contributed by atoms with E-state index in [4.69, 9.17) is 0 Å². The summed E-state index contributed by atoms with van der Waals surface area (Å²) in [5.74, 6) is 0.693. The van der Waals surface area contributed by atoms with Crippen LogP contribution in [0.15, 0.2) is 58.6 Å². The van der Waals surface area contributed by atoms with E-state index in [2.05, 4.69) is 9.97 Å². The average Bonchev–Trinajstić information content (AvgIpc) is 3.00. The lowest BCUT2D eigenvalue weighted by Crippen LogP contribution is -2.08. The molecule has 0 unspecified atom stereocenters. The first-order valence-corrected chi connectivity index (χ1v) is 9.33. The standard InChI is InChI=1S/C19H20N4O3S/c1-13(2)18-19(27-16-8-5-7-15(10-16)23(25)26)22(17(12-24)21-18)11-14-6-3-4-9-20-14/h3-10,13,24H,11-12H2,1-2H3. The Kier molecular flexibility index (Phi) is 5.88. The molecule has 27 heavy (non-hydrogen) atoms. The number of aliphatic hydroxyl groups is 1. The van der Waals surface area contributed by atoms with E-state index in [0.717, 1.165) is 21.3 Å². The third kappa shape index (κ3) is 4.35. The zero-order valence-corrected chi connectivity index (χ0v) is 15.9. The molecule has 0 saturated carbocycles. The van der Waals surface area contributed by atoms with E-state index in [-0.39, 0.29) is 18.2 Å². The predicted molar refractivity (Wildman–Crippen MR) is 103 cm³/mol. The van der Waals surface area contributed by atoms with E-state index in [9.17, 15) is 15.2 Å². The number of nitro groups is 1. The summed E-state index contributed by atoms with van der Waals surface area (Å²) in [6.45, 7) is 4.34. The van der Waals surface area contributed by atoms with Gasteiger partial charge in [0, 0.05) is 23.2 Å². The maximum absolute atomic E-state index is 11.1. The number of benzene rings is 1. The molecule has 0 aliphatic carbocycles. The van der Waals surface area contributed by atoms with E-state index in [1.807, 2.05) is 42.7 Å².